The third kappa shape index (κ3) is 4.25. The van der Waals surface area contributed by atoms with Gasteiger partial charge in [0, 0.05) is 28.5 Å². The van der Waals surface area contributed by atoms with Crippen molar-refractivity contribution in [2.45, 2.75) is 18.6 Å². The van der Waals surface area contributed by atoms with E-state index in [2.05, 4.69) is 4.72 Å². The lowest BCUT2D eigenvalue weighted by molar-refractivity contribution is -0.535. The van der Waals surface area contributed by atoms with Gasteiger partial charge in [-0.25, -0.2) is 21.6 Å². The van der Waals surface area contributed by atoms with Crippen LogP contribution in [-0.4, -0.2) is 32.7 Å². The van der Waals surface area contributed by atoms with E-state index >= 15 is 0 Å². The molecule has 174 valence electrons. The third-order valence-corrected chi connectivity index (χ3v) is 5.93. The van der Waals surface area contributed by atoms with Crippen LogP contribution in [0.5, 0.6) is 11.5 Å². The van der Waals surface area contributed by atoms with Crippen LogP contribution in [0.2, 0.25) is 0 Å². The fourth-order valence-electron chi connectivity index (χ4n) is 3.91. The summed E-state index contributed by atoms with van der Waals surface area (Å²) in [5.41, 5.74) is 0.126. The van der Waals surface area contributed by atoms with E-state index in [4.69, 9.17) is 9.47 Å². The number of fused-ring (bicyclic) bond motifs is 3. The van der Waals surface area contributed by atoms with Crippen LogP contribution in [0.4, 0.5) is 18.9 Å². The van der Waals surface area contributed by atoms with Crippen molar-refractivity contribution in [2.24, 2.45) is 0 Å². The normalized spacial score (nSPS) is 17.8. The molecule has 1 aliphatic rings. The molecular weight excluding hydrogens is 465 g/mol. The van der Waals surface area contributed by atoms with Crippen molar-refractivity contribution in [3.63, 3.8) is 0 Å². The SMILES string of the molecule is COc1cc2c3c(ccc2cc1NS(C)(=O)=O)OC(c1cc(F)c(F)cc1F)C([N+](=O)[O-])C3. The van der Waals surface area contributed by atoms with E-state index in [1.807, 2.05) is 0 Å². The van der Waals surface area contributed by atoms with Crippen LogP contribution in [0.3, 0.4) is 0 Å². The molecule has 12 heteroatoms. The summed E-state index contributed by atoms with van der Waals surface area (Å²) in [6, 6.07) is 5.49. The fraction of sp³-hybridized carbons (Fsp3) is 0.238. The Morgan fingerprint density at radius 1 is 1.12 bits per heavy atom. The molecule has 8 nitrogen and oxygen atoms in total. The predicted octanol–water partition coefficient (Wildman–Crippen LogP) is 3.96. The van der Waals surface area contributed by atoms with Gasteiger partial charge in [0.2, 0.25) is 10.0 Å². The number of nitro groups is 1. The number of hydrogen-bond donors (Lipinski definition) is 1. The number of halogens is 3. The van der Waals surface area contributed by atoms with Gasteiger partial charge < -0.3 is 9.47 Å². The first kappa shape index (κ1) is 22.6. The standard InChI is InChI=1S/C21H17F3N2O6S/c1-31-20-8-11-10(5-17(20)25-33(2,29)30)3-4-19-12(11)7-18(26(27)28)21(32-19)13-6-15(23)16(24)9-14(13)22/h3-6,8-9,18,21,25H,7H2,1-2H3. The summed E-state index contributed by atoms with van der Waals surface area (Å²) in [4.78, 5) is 11.2. The maximum absolute atomic E-state index is 14.4. The lowest BCUT2D eigenvalue weighted by atomic mass is 9.89. The maximum atomic E-state index is 14.4. The second-order valence-electron chi connectivity index (χ2n) is 7.57. The summed E-state index contributed by atoms with van der Waals surface area (Å²) in [6.07, 6.45) is -0.713. The van der Waals surface area contributed by atoms with Crippen LogP contribution in [0.15, 0.2) is 36.4 Å². The van der Waals surface area contributed by atoms with Gasteiger partial charge in [0.25, 0.3) is 6.04 Å². The second kappa shape index (κ2) is 8.10. The van der Waals surface area contributed by atoms with Crippen molar-refractivity contribution in [1.82, 2.24) is 0 Å². The minimum Gasteiger partial charge on any atom is -0.495 e. The molecule has 0 radical (unpaired) electrons. The number of anilines is 1. The predicted molar refractivity (Wildman–Crippen MR) is 113 cm³/mol. The monoisotopic (exact) mass is 482 g/mol. The first-order valence-electron chi connectivity index (χ1n) is 9.54. The van der Waals surface area contributed by atoms with Gasteiger partial charge in [-0.1, -0.05) is 6.07 Å². The van der Waals surface area contributed by atoms with Crippen LogP contribution in [0.1, 0.15) is 17.2 Å². The molecule has 0 aromatic heterocycles. The number of nitrogens with one attached hydrogen (secondary N) is 1. The van der Waals surface area contributed by atoms with E-state index in [1.165, 1.54) is 25.3 Å². The Morgan fingerprint density at radius 2 is 1.82 bits per heavy atom. The molecule has 1 N–H and O–H groups in total. The number of hydrogen-bond acceptors (Lipinski definition) is 6. The molecule has 0 bridgehead atoms. The number of methoxy groups -OCH3 is 1. The zero-order valence-corrected chi connectivity index (χ0v) is 18.1. The Morgan fingerprint density at radius 3 is 2.45 bits per heavy atom. The summed E-state index contributed by atoms with van der Waals surface area (Å²) < 4.78 is 78.2. The molecule has 1 aliphatic heterocycles. The Balaban J connectivity index is 1.85. The number of benzene rings is 3. The van der Waals surface area contributed by atoms with Gasteiger partial charge in [-0.3, -0.25) is 14.8 Å². The fourth-order valence-corrected chi connectivity index (χ4v) is 4.47. The van der Waals surface area contributed by atoms with Crippen molar-refractivity contribution in [3.05, 3.63) is 75.1 Å². The zero-order valence-electron chi connectivity index (χ0n) is 17.3. The summed E-state index contributed by atoms with van der Waals surface area (Å²) in [5, 5.41) is 12.9. The van der Waals surface area contributed by atoms with Gasteiger partial charge in [0.15, 0.2) is 17.7 Å². The van der Waals surface area contributed by atoms with Gasteiger partial charge in [0.05, 0.1) is 19.1 Å². The highest BCUT2D eigenvalue weighted by atomic mass is 32.2. The molecule has 0 spiro atoms. The van der Waals surface area contributed by atoms with Crippen LogP contribution in [0, 0.1) is 27.6 Å². The van der Waals surface area contributed by atoms with Crippen LogP contribution >= 0.6 is 0 Å². The van der Waals surface area contributed by atoms with Crippen molar-refractivity contribution in [2.75, 3.05) is 18.1 Å². The van der Waals surface area contributed by atoms with Crippen molar-refractivity contribution < 1.29 is 36.0 Å². The minimum atomic E-state index is -3.60. The van der Waals surface area contributed by atoms with Gasteiger partial charge in [-0.05, 0) is 35.0 Å². The molecule has 2 atom stereocenters. The maximum Gasteiger partial charge on any atom is 0.257 e. The second-order valence-corrected chi connectivity index (χ2v) is 9.32. The van der Waals surface area contributed by atoms with E-state index in [1.54, 1.807) is 6.07 Å². The molecule has 3 aromatic carbocycles. The first-order valence-corrected chi connectivity index (χ1v) is 11.4. The van der Waals surface area contributed by atoms with Gasteiger partial charge in [0.1, 0.15) is 17.3 Å². The highest BCUT2D eigenvalue weighted by Gasteiger charge is 2.42. The van der Waals surface area contributed by atoms with Crippen LogP contribution in [-0.2, 0) is 16.4 Å². The average molecular weight is 482 g/mol. The molecule has 33 heavy (non-hydrogen) atoms. The Hall–Kier alpha value is -3.54. The third-order valence-electron chi connectivity index (χ3n) is 5.34. The van der Waals surface area contributed by atoms with Crippen LogP contribution < -0.4 is 14.2 Å². The highest BCUT2D eigenvalue weighted by Crippen LogP contribution is 2.43. The van der Waals surface area contributed by atoms with E-state index in [9.17, 15) is 31.7 Å². The topological polar surface area (TPSA) is 108 Å². The zero-order chi connectivity index (χ0) is 24.1. The molecule has 1 heterocycles. The van der Waals surface area contributed by atoms with E-state index in [0.29, 0.717) is 28.5 Å². The highest BCUT2D eigenvalue weighted by molar-refractivity contribution is 7.92. The summed E-state index contributed by atoms with van der Waals surface area (Å²) >= 11 is 0. The molecule has 0 aliphatic carbocycles. The molecule has 4 rings (SSSR count). The van der Waals surface area contributed by atoms with Crippen molar-refractivity contribution in [3.8, 4) is 11.5 Å². The quantitative estimate of drug-likeness (QED) is 0.335. The molecule has 3 aromatic rings. The molecule has 0 amide bonds. The van der Waals surface area contributed by atoms with Crippen molar-refractivity contribution in [1.29, 1.82) is 0 Å². The van der Waals surface area contributed by atoms with E-state index in [0.717, 1.165) is 6.26 Å². The number of nitrogens with zero attached hydrogens (tertiary/aromatic N) is 1. The smallest absolute Gasteiger partial charge is 0.257 e. The minimum absolute atomic E-state index is 0.174. The lowest BCUT2D eigenvalue weighted by Gasteiger charge is -2.30. The molecular formula is C21H17F3N2O6S. The summed E-state index contributed by atoms with van der Waals surface area (Å²) in [6.45, 7) is 0. The number of sulfonamides is 1. The van der Waals surface area contributed by atoms with E-state index in [-0.39, 0.29) is 23.6 Å². The first-order chi connectivity index (χ1) is 15.5. The molecule has 2 unspecified atom stereocenters. The van der Waals surface area contributed by atoms with Gasteiger partial charge in [-0.2, -0.15) is 0 Å². The van der Waals surface area contributed by atoms with Crippen LogP contribution in [0.25, 0.3) is 10.8 Å². The summed E-state index contributed by atoms with van der Waals surface area (Å²) in [5.74, 6) is -3.56. The average Bonchev–Trinajstić information content (AvgIpc) is 2.73. The molecule has 0 fully saturated rings. The molecule has 0 saturated heterocycles. The van der Waals surface area contributed by atoms with Gasteiger partial charge >= 0.3 is 0 Å². The largest absolute Gasteiger partial charge is 0.495 e. The van der Waals surface area contributed by atoms with E-state index < -0.39 is 50.1 Å². The van der Waals surface area contributed by atoms with Gasteiger partial charge in [-0.15, -0.1) is 0 Å². The summed E-state index contributed by atoms with van der Waals surface area (Å²) in [7, 11) is -2.27. The number of ether oxygens (including phenoxy) is 2. The Labute approximate surface area is 186 Å². The Kier molecular flexibility index (Phi) is 5.56. The lowest BCUT2D eigenvalue weighted by Crippen LogP contribution is -2.37. The number of rotatable bonds is 5. The van der Waals surface area contributed by atoms with Crippen molar-refractivity contribution >= 4 is 26.5 Å². The Bertz CT molecular complexity index is 1400. The molecule has 0 saturated carbocycles.